The second-order valence-corrected chi connectivity index (χ2v) is 6.69. The minimum atomic E-state index is -0.143. The number of nitrogen functional groups attached to an aromatic ring is 1. The van der Waals surface area contributed by atoms with Crippen LogP contribution in [0.2, 0.25) is 0 Å². The topological polar surface area (TPSA) is 97.3 Å². The molecule has 1 saturated heterocycles. The van der Waals surface area contributed by atoms with Crippen molar-refractivity contribution in [2.45, 2.75) is 39.3 Å². The number of rotatable bonds is 4. The summed E-state index contributed by atoms with van der Waals surface area (Å²) in [5.41, 5.74) is 11.8. The average molecular weight is 297 g/mol. The normalized spacial score (nSPS) is 20.4. The number of hydrogen-bond donors (Lipinski definition) is 3. The van der Waals surface area contributed by atoms with Crippen molar-refractivity contribution in [1.29, 1.82) is 0 Å². The van der Waals surface area contributed by atoms with Gasteiger partial charge in [-0.15, -0.1) is 0 Å². The monoisotopic (exact) mass is 297 g/mol. The van der Waals surface area contributed by atoms with Gasteiger partial charge in [-0.1, -0.05) is 25.2 Å². The molecule has 0 radical (unpaired) electrons. The predicted octanol–water partition coefficient (Wildman–Crippen LogP) is 1.04. The Labute approximate surface area is 123 Å². The summed E-state index contributed by atoms with van der Waals surface area (Å²) < 4.78 is 0. The largest absolute Gasteiger partial charge is 0.382 e. The first-order chi connectivity index (χ1) is 9.38. The predicted molar refractivity (Wildman–Crippen MR) is 83.1 cm³/mol. The highest BCUT2D eigenvalue weighted by Crippen LogP contribution is 2.30. The summed E-state index contributed by atoms with van der Waals surface area (Å²) in [6.07, 6.45) is 0.950. The molecule has 20 heavy (non-hydrogen) atoms. The fourth-order valence-corrected chi connectivity index (χ4v) is 2.94. The van der Waals surface area contributed by atoms with E-state index in [9.17, 15) is 4.79 Å². The number of nitrogens with two attached hydrogens (primary N) is 2. The molecule has 0 saturated carbocycles. The lowest BCUT2D eigenvalue weighted by atomic mass is 10.1. The van der Waals surface area contributed by atoms with Crippen LogP contribution in [0, 0.1) is 5.92 Å². The number of carbonyl (C=O) groups excluding carboxylic acids is 1. The highest BCUT2D eigenvalue weighted by atomic mass is 32.1. The summed E-state index contributed by atoms with van der Waals surface area (Å²) in [5.74, 6) is 0.541. The molecule has 7 heteroatoms. The van der Waals surface area contributed by atoms with E-state index < -0.39 is 0 Å². The second-order valence-electron chi connectivity index (χ2n) is 5.71. The van der Waals surface area contributed by atoms with Gasteiger partial charge in [0, 0.05) is 25.2 Å². The maximum atomic E-state index is 12.2. The highest BCUT2D eigenvalue weighted by molar-refractivity contribution is 7.18. The highest BCUT2D eigenvalue weighted by Gasteiger charge is 2.25. The minimum Gasteiger partial charge on any atom is -0.382 e. The fourth-order valence-electron chi connectivity index (χ4n) is 2.02. The summed E-state index contributed by atoms with van der Waals surface area (Å²) >= 11 is 1.34. The van der Waals surface area contributed by atoms with E-state index >= 15 is 0 Å². The van der Waals surface area contributed by atoms with Gasteiger partial charge < -0.3 is 21.7 Å². The third-order valence-electron chi connectivity index (χ3n) is 3.70. The molecule has 1 fully saturated rings. The van der Waals surface area contributed by atoms with E-state index in [2.05, 4.69) is 29.0 Å². The molecule has 0 bridgehead atoms. The van der Waals surface area contributed by atoms with Crippen LogP contribution in [0.5, 0.6) is 0 Å². The fraction of sp³-hybridized carbons (Fsp3) is 0.692. The number of carbonyl (C=O) groups is 1. The van der Waals surface area contributed by atoms with Gasteiger partial charge in [-0.25, -0.2) is 4.98 Å². The van der Waals surface area contributed by atoms with E-state index in [4.69, 9.17) is 11.5 Å². The van der Waals surface area contributed by atoms with Crippen molar-refractivity contribution in [3.63, 3.8) is 0 Å². The Morgan fingerprint density at radius 1 is 1.50 bits per heavy atom. The van der Waals surface area contributed by atoms with Gasteiger partial charge in [-0.2, -0.15) is 0 Å². The summed E-state index contributed by atoms with van der Waals surface area (Å²) in [4.78, 5) is 19.1. The van der Waals surface area contributed by atoms with Gasteiger partial charge in [-0.05, 0) is 19.3 Å². The Morgan fingerprint density at radius 3 is 2.75 bits per heavy atom. The standard InChI is InChI=1S/C13H23N5OS/c1-7(2)8(3)16-12(19)10-11(15)17-13(20-10)18-5-4-9(14)6-18/h7-9H,4-6,14-15H2,1-3H3,(H,16,19). The molecule has 1 aliphatic heterocycles. The lowest BCUT2D eigenvalue weighted by molar-refractivity contribution is 0.0935. The van der Waals surface area contributed by atoms with Gasteiger partial charge in [0.05, 0.1) is 0 Å². The van der Waals surface area contributed by atoms with E-state index in [1.54, 1.807) is 0 Å². The van der Waals surface area contributed by atoms with Crippen LogP contribution in [-0.4, -0.2) is 36.1 Å². The SMILES string of the molecule is CC(C)C(C)NC(=O)c1sc(N2CCC(N)C2)nc1N. The molecule has 1 aliphatic rings. The Morgan fingerprint density at radius 2 is 2.20 bits per heavy atom. The number of nitrogens with one attached hydrogen (secondary N) is 1. The van der Waals surface area contributed by atoms with E-state index in [0.29, 0.717) is 16.6 Å². The summed E-state index contributed by atoms with van der Waals surface area (Å²) in [6.45, 7) is 7.77. The van der Waals surface area contributed by atoms with Gasteiger partial charge in [0.2, 0.25) is 0 Å². The van der Waals surface area contributed by atoms with Crippen LogP contribution in [-0.2, 0) is 0 Å². The number of hydrogen-bond acceptors (Lipinski definition) is 6. The van der Waals surface area contributed by atoms with Crippen molar-refractivity contribution in [2.75, 3.05) is 23.7 Å². The third kappa shape index (κ3) is 3.21. The Bertz CT molecular complexity index is 487. The van der Waals surface area contributed by atoms with Gasteiger partial charge in [-0.3, -0.25) is 4.79 Å². The van der Waals surface area contributed by atoms with Gasteiger partial charge >= 0.3 is 0 Å². The zero-order valence-corrected chi connectivity index (χ0v) is 13.0. The van der Waals surface area contributed by atoms with Gasteiger partial charge in [0.1, 0.15) is 10.7 Å². The van der Waals surface area contributed by atoms with Crippen LogP contribution < -0.4 is 21.7 Å². The molecule has 1 amide bonds. The quantitative estimate of drug-likeness (QED) is 0.771. The molecule has 0 aromatic carbocycles. The Hall–Kier alpha value is -1.34. The molecule has 6 nitrogen and oxygen atoms in total. The average Bonchev–Trinajstić information content (AvgIpc) is 2.95. The number of nitrogens with zero attached hydrogens (tertiary/aromatic N) is 2. The summed E-state index contributed by atoms with van der Waals surface area (Å²) in [5, 5.41) is 3.75. The molecular formula is C13H23N5OS. The van der Waals surface area contributed by atoms with Crippen molar-refractivity contribution in [1.82, 2.24) is 10.3 Å². The molecule has 2 rings (SSSR count). The van der Waals surface area contributed by atoms with Crippen LogP contribution in [0.4, 0.5) is 10.9 Å². The molecule has 5 N–H and O–H groups in total. The minimum absolute atomic E-state index is 0.104. The number of aromatic nitrogens is 1. The van der Waals surface area contributed by atoms with Crippen molar-refractivity contribution >= 4 is 28.2 Å². The maximum Gasteiger partial charge on any atom is 0.265 e. The molecule has 2 heterocycles. The lowest BCUT2D eigenvalue weighted by Gasteiger charge is -2.16. The summed E-state index contributed by atoms with van der Waals surface area (Å²) in [7, 11) is 0. The van der Waals surface area contributed by atoms with E-state index in [0.717, 1.165) is 24.6 Å². The third-order valence-corrected chi connectivity index (χ3v) is 4.83. The summed E-state index contributed by atoms with van der Waals surface area (Å²) in [6, 6.07) is 0.283. The number of thiazole rings is 1. The van der Waals surface area contributed by atoms with Crippen LogP contribution in [0.1, 0.15) is 36.9 Å². The van der Waals surface area contributed by atoms with Crippen LogP contribution in [0.25, 0.3) is 0 Å². The first-order valence-corrected chi connectivity index (χ1v) is 7.77. The first-order valence-electron chi connectivity index (χ1n) is 6.96. The molecule has 0 spiro atoms. The maximum absolute atomic E-state index is 12.2. The Kier molecular flexibility index (Phi) is 4.49. The number of amides is 1. The van der Waals surface area contributed by atoms with Crippen LogP contribution in [0.3, 0.4) is 0 Å². The molecule has 2 atom stereocenters. The zero-order valence-electron chi connectivity index (χ0n) is 12.2. The van der Waals surface area contributed by atoms with Crippen molar-refractivity contribution in [2.24, 2.45) is 11.7 Å². The molecule has 1 aromatic rings. The lowest BCUT2D eigenvalue weighted by Crippen LogP contribution is -2.36. The second kappa shape index (κ2) is 5.97. The number of anilines is 2. The smallest absolute Gasteiger partial charge is 0.265 e. The molecule has 112 valence electrons. The molecular weight excluding hydrogens is 274 g/mol. The van der Waals surface area contributed by atoms with Crippen molar-refractivity contribution < 1.29 is 4.79 Å². The molecule has 2 unspecified atom stereocenters. The molecule has 1 aromatic heterocycles. The van der Waals surface area contributed by atoms with E-state index in [-0.39, 0.29) is 18.0 Å². The van der Waals surface area contributed by atoms with E-state index in [1.165, 1.54) is 11.3 Å². The van der Waals surface area contributed by atoms with Crippen molar-refractivity contribution in [3.05, 3.63) is 4.88 Å². The zero-order chi connectivity index (χ0) is 14.9. The van der Waals surface area contributed by atoms with Gasteiger partial charge in [0.25, 0.3) is 5.91 Å². The van der Waals surface area contributed by atoms with Crippen LogP contribution in [0.15, 0.2) is 0 Å². The molecule has 0 aliphatic carbocycles. The van der Waals surface area contributed by atoms with Crippen LogP contribution >= 0.6 is 11.3 Å². The van der Waals surface area contributed by atoms with Gasteiger partial charge in [0.15, 0.2) is 5.13 Å². The van der Waals surface area contributed by atoms with Crippen molar-refractivity contribution in [3.8, 4) is 0 Å². The Balaban J connectivity index is 2.09. The first kappa shape index (κ1) is 15.1. The van der Waals surface area contributed by atoms with E-state index in [1.807, 2.05) is 6.92 Å².